The fourth-order valence-electron chi connectivity index (χ4n) is 2.31. The summed E-state index contributed by atoms with van der Waals surface area (Å²) in [5, 5.41) is 2.95. The molecule has 1 aliphatic heterocycles. The normalized spacial score (nSPS) is 15.0. The second-order valence-corrected chi connectivity index (χ2v) is 5.22. The van der Waals surface area contributed by atoms with Gasteiger partial charge in [0.2, 0.25) is 17.2 Å². The highest BCUT2D eigenvalue weighted by Gasteiger charge is 2.16. The first kappa shape index (κ1) is 14.0. The van der Waals surface area contributed by atoms with Gasteiger partial charge in [0.25, 0.3) is 0 Å². The van der Waals surface area contributed by atoms with Crippen molar-refractivity contribution in [1.82, 2.24) is 15.0 Å². The van der Waals surface area contributed by atoms with Gasteiger partial charge in [0, 0.05) is 13.1 Å². The molecule has 7 heteroatoms. The number of benzene rings is 1. The van der Waals surface area contributed by atoms with E-state index in [9.17, 15) is 4.39 Å². The van der Waals surface area contributed by atoms with Crippen molar-refractivity contribution in [3.8, 4) is 0 Å². The van der Waals surface area contributed by atoms with Crippen LogP contribution < -0.4 is 10.2 Å². The van der Waals surface area contributed by atoms with E-state index in [2.05, 4.69) is 25.2 Å². The van der Waals surface area contributed by atoms with Crippen LogP contribution in [-0.4, -0.2) is 28.0 Å². The Morgan fingerprint density at radius 2 is 1.81 bits per heavy atom. The number of piperidine rings is 1. The van der Waals surface area contributed by atoms with Gasteiger partial charge in [-0.05, 0) is 43.0 Å². The standard InChI is InChI=1S/C14H15ClFN5/c15-12-18-13(17-11-7-3-2-6-10(11)16)20-14(19-12)21-8-4-1-5-9-21/h2-3,6-7H,1,4-5,8-9H2,(H,17,18,19,20). The van der Waals surface area contributed by atoms with E-state index >= 15 is 0 Å². The molecule has 0 amide bonds. The van der Waals surface area contributed by atoms with Gasteiger partial charge in [0.1, 0.15) is 5.82 Å². The molecule has 0 bridgehead atoms. The number of nitrogens with zero attached hydrogens (tertiary/aromatic N) is 4. The first-order chi connectivity index (χ1) is 10.2. The van der Waals surface area contributed by atoms with Gasteiger partial charge in [-0.15, -0.1) is 0 Å². The maximum atomic E-state index is 13.7. The second-order valence-electron chi connectivity index (χ2n) is 4.88. The van der Waals surface area contributed by atoms with E-state index < -0.39 is 0 Å². The molecule has 0 unspecified atom stereocenters. The minimum Gasteiger partial charge on any atom is -0.341 e. The molecule has 3 rings (SSSR count). The number of halogens is 2. The average molecular weight is 308 g/mol. The fraction of sp³-hybridized carbons (Fsp3) is 0.357. The van der Waals surface area contributed by atoms with Gasteiger partial charge in [-0.1, -0.05) is 12.1 Å². The number of anilines is 3. The van der Waals surface area contributed by atoms with E-state index in [4.69, 9.17) is 11.6 Å². The molecule has 1 fully saturated rings. The lowest BCUT2D eigenvalue weighted by Crippen LogP contribution is -2.31. The number of hydrogen-bond acceptors (Lipinski definition) is 5. The Bertz CT molecular complexity index is 631. The van der Waals surface area contributed by atoms with Gasteiger partial charge < -0.3 is 10.2 Å². The fourth-order valence-corrected chi connectivity index (χ4v) is 2.47. The van der Waals surface area contributed by atoms with E-state index in [0.29, 0.717) is 11.6 Å². The molecule has 1 saturated heterocycles. The van der Waals surface area contributed by atoms with Crippen molar-refractivity contribution < 1.29 is 4.39 Å². The second kappa shape index (κ2) is 6.22. The van der Waals surface area contributed by atoms with Crippen molar-refractivity contribution in [2.75, 3.05) is 23.3 Å². The first-order valence-corrected chi connectivity index (χ1v) is 7.28. The Kier molecular flexibility index (Phi) is 4.15. The number of aromatic nitrogens is 3. The molecule has 2 aromatic rings. The number of rotatable bonds is 3. The SMILES string of the molecule is Fc1ccccc1Nc1nc(Cl)nc(N2CCCCC2)n1. The minimum absolute atomic E-state index is 0.101. The van der Waals surface area contributed by atoms with Gasteiger partial charge >= 0.3 is 0 Å². The largest absolute Gasteiger partial charge is 0.341 e. The van der Waals surface area contributed by atoms with Crippen LogP contribution in [0.2, 0.25) is 5.28 Å². The summed E-state index contributed by atoms with van der Waals surface area (Å²) in [4.78, 5) is 14.6. The number of nitrogens with one attached hydrogen (secondary N) is 1. The number of hydrogen-bond donors (Lipinski definition) is 1. The van der Waals surface area contributed by atoms with E-state index in [1.165, 1.54) is 12.5 Å². The van der Waals surface area contributed by atoms with Crippen LogP contribution in [0.5, 0.6) is 0 Å². The highest BCUT2D eigenvalue weighted by molar-refractivity contribution is 6.28. The zero-order chi connectivity index (χ0) is 14.7. The summed E-state index contributed by atoms with van der Waals surface area (Å²) in [6.07, 6.45) is 3.44. The van der Waals surface area contributed by atoms with Gasteiger partial charge in [-0.3, -0.25) is 0 Å². The molecule has 0 saturated carbocycles. The van der Waals surface area contributed by atoms with Crippen LogP contribution in [0, 0.1) is 5.82 Å². The molecule has 1 aromatic carbocycles. The Balaban J connectivity index is 1.85. The van der Waals surface area contributed by atoms with Crippen LogP contribution in [0.25, 0.3) is 0 Å². The molecule has 1 aromatic heterocycles. The lowest BCUT2D eigenvalue weighted by atomic mass is 10.1. The van der Waals surface area contributed by atoms with Gasteiger partial charge in [0.05, 0.1) is 5.69 Å². The monoisotopic (exact) mass is 307 g/mol. The van der Waals surface area contributed by atoms with E-state index in [-0.39, 0.29) is 17.0 Å². The molecule has 110 valence electrons. The van der Waals surface area contributed by atoms with Crippen molar-refractivity contribution in [3.63, 3.8) is 0 Å². The third-order valence-corrected chi connectivity index (χ3v) is 3.52. The Morgan fingerprint density at radius 3 is 2.57 bits per heavy atom. The summed E-state index contributed by atoms with van der Waals surface area (Å²) < 4.78 is 13.7. The minimum atomic E-state index is -0.367. The van der Waals surface area contributed by atoms with E-state index in [1.54, 1.807) is 18.2 Å². The molecule has 0 aliphatic carbocycles. The summed E-state index contributed by atoms with van der Waals surface area (Å²) in [6.45, 7) is 1.80. The molecule has 2 heterocycles. The summed E-state index contributed by atoms with van der Waals surface area (Å²) in [7, 11) is 0. The molecule has 0 radical (unpaired) electrons. The molecular formula is C14H15ClFN5. The average Bonchev–Trinajstić information content (AvgIpc) is 2.50. The summed E-state index contributed by atoms with van der Waals surface area (Å²) in [5.41, 5.74) is 0.310. The Labute approximate surface area is 127 Å². The van der Waals surface area contributed by atoms with Crippen LogP contribution >= 0.6 is 11.6 Å². The predicted molar refractivity (Wildman–Crippen MR) is 80.6 cm³/mol. The van der Waals surface area contributed by atoms with Crippen molar-refractivity contribution in [1.29, 1.82) is 0 Å². The van der Waals surface area contributed by atoms with Gasteiger partial charge in [-0.25, -0.2) is 4.39 Å². The van der Waals surface area contributed by atoms with Gasteiger partial charge in [-0.2, -0.15) is 15.0 Å². The highest BCUT2D eigenvalue weighted by atomic mass is 35.5. The van der Waals surface area contributed by atoms with E-state index in [0.717, 1.165) is 25.9 Å². The Hall–Kier alpha value is -1.95. The lowest BCUT2D eigenvalue weighted by Gasteiger charge is -2.26. The number of para-hydroxylation sites is 1. The molecule has 5 nitrogen and oxygen atoms in total. The van der Waals surface area contributed by atoms with Crippen LogP contribution in [0.1, 0.15) is 19.3 Å². The molecule has 1 N–H and O–H groups in total. The van der Waals surface area contributed by atoms with Crippen molar-refractivity contribution in [2.45, 2.75) is 19.3 Å². The first-order valence-electron chi connectivity index (χ1n) is 6.90. The van der Waals surface area contributed by atoms with Crippen molar-refractivity contribution in [3.05, 3.63) is 35.4 Å². The lowest BCUT2D eigenvalue weighted by molar-refractivity contribution is 0.567. The molecule has 1 aliphatic rings. The van der Waals surface area contributed by atoms with Crippen molar-refractivity contribution in [2.24, 2.45) is 0 Å². The molecule has 0 atom stereocenters. The third kappa shape index (κ3) is 3.39. The molecule has 0 spiro atoms. The molecular weight excluding hydrogens is 293 g/mol. The summed E-state index contributed by atoms with van der Waals surface area (Å²) >= 11 is 5.95. The van der Waals surface area contributed by atoms with Gasteiger partial charge in [0.15, 0.2) is 0 Å². The zero-order valence-electron chi connectivity index (χ0n) is 11.4. The zero-order valence-corrected chi connectivity index (χ0v) is 12.1. The maximum absolute atomic E-state index is 13.7. The van der Waals surface area contributed by atoms with E-state index in [1.807, 2.05) is 0 Å². The smallest absolute Gasteiger partial charge is 0.233 e. The highest BCUT2D eigenvalue weighted by Crippen LogP contribution is 2.21. The van der Waals surface area contributed by atoms with Crippen LogP contribution in [0.4, 0.5) is 22.0 Å². The van der Waals surface area contributed by atoms with Crippen LogP contribution in [0.15, 0.2) is 24.3 Å². The Morgan fingerprint density at radius 1 is 1.05 bits per heavy atom. The van der Waals surface area contributed by atoms with Crippen LogP contribution in [0.3, 0.4) is 0 Å². The van der Waals surface area contributed by atoms with Crippen molar-refractivity contribution >= 4 is 29.2 Å². The topological polar surface area (TPSA) is 53.9 Å². The predicted octanol–water partition coefficient (Wildman–Crippen LogP) is 3.40. The summed E-state index contributed by atoms with van der Waals surface area (Å²) in [6, 6.07) is 6.35. The maximum Gasteiger partial charge on any atom is 0.233 e. The van der Waals surface area contributed by atoms with Crippen LogP contribution in [-0.2, 0) is 0 Å². The molecule has 21 heavy (non-hydrogen) atoms. The quantitative estimate of drug-likeness (QED) is 0.942. The third-order valence-electron chi connectivity index (χ3n) is 3.36. The summed E-state index contributed by atoms with van der Waals surface area (Å²) in [5.74, 6) is 0.419.